The molecule has 1 amide bonds. The Bertz CT molecular complexity index is 638. The third-order valence-corrected chi connectivity index (χ3v) is 4.54. The molecule has 0 radical (unpaired) electrons. The van der Waals surface area contributed by atoms with Gasteiger partial charge in [0.1, 0.15) is 0 Å². The second kappa shape index (κ2) is 9.83. The van der Waals surface area contributed by atoms with Gasteiger partial charge in [-0.25, -0.2) is 0 Å². The van der Waals surface area contributed by atoms with Crippen LogP contribution in [0.25, 0.3) is 6.08 Å². The molecule has 0 spiro atoms. The summed E-state index contributed by atoms with van der Waals surface area (Å²) >= 11 is 6.25. The zero-order valence-corrected chi connectivity index (χ0v) is 16.9. The summed E-state index contributed by atoms with van der Waals surface area (Å²) in [6.45, 7) is 11.3. The number of methoxy groups -OCH3 is 1. The Balaban J connectivity index is 2.00. The highest BCUT2D eigenvalue weighted by molar-refractivity contribution is 6.32. The number of ether oxygens (including phenoxy) is 2. The standard InChI is InChI=1S/C20H29ClN2O3/c1-5-26-18-13-16(12-17(21)20(18)25-4)6-7-19(24)23-10-8-22(9-11-23)14-15(2)3/h6-7,12-13,15H,5,8-11,14H2,1-4H3/b7-6+. The third-order valence-electron chi connectivity index (χ3n) is 4.26. The summed E-state index contributed by atoms with van der Waals surface area (Å²) in [6.07, 6.45) is 3.38. The van der Waals surface area contributed by atoms with Crippen LogP contribution in [0.2, 0.25) is 5.02 Å². The number of nitrogens with zero attached hydrogens (tertiary/aromatic N) is 2. The van der Waals surface area contributed by atoms with Gasteiger partial charge in [-0.2, -0.15) is 0 Å². The maximum atomic E-state index is 12.5. The second-order valence-corrected chi connectivity index (χ2v) is 7.23. The lowest BCUT2D eigenvalue weighted by molar-refractivity contribution is -0.127. The Labute approximate surface area is 161 Å². The fraction of sp³-hybridized carbons (Fsp3) is 0.550. The Morgan fingerprint density at radius 1 is 1.27 bits per heavy atom. The van der Waals surface area contributed by atoms with Gasteiger partial charge in [-0.1, -0.05) is 25.4 Å². The van der Waals surface area contributed by atoms with Gasteiger partial charge in [0.15, 0.2) is 11.5 Å². The van der Waals surface area contributed by atoms with E-state index < -0.39 is 0 Å². The molecule has 1 aromatic carbocycles. The van der Waals surface area contributed by atoms with E-state index in [0.29, 0.717) is 29.0 Å². The van der Waals surface area contributed by atoms with Crippen LogP contribution in [0.5, 0.6) is 11.5 Å². The van der Waals surface area contributed by atoms with Gasteiger partial charge in [0.2, 0.25) is 5.91 Å². The van der Waals surface area contributed by atoms with Crippen molar-refractivity contribution < 1.29 is 14.3 Å². The number of benzene rings is 1. The van der Waals surface area contributed by atoms with Crippen molar-refractivity contribution in [2.75, 3.05) is 46.4 Å². The fourth-order valence-electron chi connectivity index (χ4n) is 3.09. The van der Waals surface area contributed by atoms with Crippen molar-refractivity contribution in [3.63, 3.8) is 0 Å². The molecular weight excluding hydrogens is 352 g/mol. The Morgan fingerprint density at radius 2 is 1.96 bits per heavy atom. The van der Waals surface area contributed by atoms with Gasteiger partial charge in [-0.05, 0) is 36.6 Å². The first-order valence-electron chi connectivity index (χ1n) is 9.14. The largest absolute Gasteiger partial charge is 0.491 e. The molecule has 1 heterocycles. The predicted molar refractivity (Wildman–Crippen MR) is 106 cm³/mol. The van der Waals surface area contributed by atoms with Gasteiger partial charge >= 0.3 is 0 Å². The Hall–Kier alpha value is -1.72. The highest BCUT2D eigenvalue weighted by atomic mass is 35.5. The van der Waals surface area contributed by atoms with Crippen LogP contribution in [-0.4, -0.2) is 62.1 Å². The number of piperazine rings is 1. The van der Waals surface area contributed by atoms with Crippen LogP contribution in [0.1, 0.15) is 26.3 Å². The molecule has 0 saturated carbocycles. The average Bonchev–Trinajstić information content (AvgIpc) is 2.60. The molecule has 26 heavy (non-hydrogen) atoms. The van der Waals surface area contributed by atoms with Crippen LogP contribution in [0.15, 0.2) is 18.2 Å². The molecule has 1 aliphatic rings. The molecule has 0 unspecified atom stereocenters. The third kappa shape index (κ3) is 5.64. The highest BCUT2D eigenvalue weighted by Gasteiger charge is 2.20. The smallest absolute Gasteiger partial charge is 0.246 e. The second-order valence-electron chi connectivity index (χ2n) is 6.82. The minimum atomic E-state index is 0.0269. The van der Waals surface area contributed by atoms with E-state index in [9.17, 15) is 4.79 Å². The summed E-state index contributed by atoms with van der Waals surface area (Å²) in [4.78, 5) is 16.8. The molecule has 1 aliphatic heterocycles. The fourth-order valence-corrected chi connectivity index (χ4v) is 3.38. The molecule has 0 atom stereocenters. The zero-order chi connectivity index (χ0) is 19.1. The van der Waals surface area contributed by atoms with Gasteiger partial charge in [-0.15, -0.1) is 0 Å². The molecule has 6 heteroatoms. The SMILES string of the molecule is CCOc1cc(/C=C/C(=O)N2CCN(CC(C)C)CC2)cc(Cl)c1OC. The van der Waals surface area contributed by atoms with E-state index in [1.54, 1.807) is 25.3 Å². The molecule has 144 valence electrons. The van der Waals surface area contributed by atoms with Crippen molar-refractivity contribution in [1.82, 2.24) is 9.80 Å². The van der Waals surface area contributed by atoms with Crippen molar-refractivity contribution in [2.45, 2.75) is 20.8 Å². The Morgan fingerprint density at radius 3 is 2.54 bits per heavy atom. The number of halogens is 1. The zero-order valence-electron chi connectivity index (χ0n) is 16.1. The molecule has 2 rings (SSSR count). The van der Waals surface area contributed by atoms with Gasteiger partial charge in [0.05, 0.1) is 18.7 Å². The number of carbonyl (C=O) groups is 1. The first kappa shape index (κ1) is 20.6. The molecule has 1 fully saturated rings. The number of rotatable bonds is 7. The molecule has 1 aromatic rings. The normalized spacial score (nSPS) is 15.7. The number of amides is 1. The summed E-state index contributed by atoms with van der Waals surface area (Å²) in [6, 6.07) is 3.60. The van der Waals surface area contributed by atoms with Gasteiger partial charge < -0.3 is 14.4 Å². The van der Waals surface area contributed by atoms with Gasteiger partial charge in [-0.3, -0.25) is 9.69 Å². The van der Waals surface area contributed by atoms with Crippen LogP contribution in [-0.2, 0) is 4.79 Å². The van der Waals surface area contributed by atoms with Crippen molar-refractivity contribution in [3.8, 4) is 11.5 Å². The topological polar surface area (TPSA) is 42.0 Å². The van der Waals surface area contributed by atoms with E-state index >= 15 is 0 Å². The average molecular weight is 381 g/mol. The van der Waals surface area contributed by atoms with E-state index in [2.05, 4.69) is 18.7 Å². The number of hydrogen-bond donors (Lipinski definition) is 0. The monoisotopic (exact) mass is 380 g/mol. The van der Waals surface area contributed by atoms with Crippen LogP contribution >= 0.6 is 11.6 Å². The molecule has 0 aromatic heterocycles. The van der Waals surface area contributed by atoms with E-state index in [1.165, 1.54) is 0 Å². The minimum absolute atomic E-state index is 0.0269. The molecule has 0 aliphatic carbocycles. The number of carbonyl (C=O) groups excluding carboxylic acids is 1. The molecule has 0 bridgehead atoms. The highest BCUT2D eigenvalue weighted by Crippen LogP contribution is 2.36. The number of hydrogen-bond acceptors (Lipinski definition) is 4. The molecule has 0 N–H and O–H groups in total. The predicted octanol–water partition coefficient (Wildman–Crippen LogP) is 3.56. The lowest BCUT2D eigenvalue weighted by Gasteiger charge is -2.35. The Kier molecular flexibility index (Phi) is 7.79. The lowest BCUT2D eigenvalue weighted by atomic mass is 10.1. The molecule has 5 nitrogen and oxygen atoms in total. The van der Waals surface area contributed by atoms with Crippen molar-refractivity contribution in [2.24, 2.45) is 5.92 Å². The van der Waals surface area contributed by atoms with Crippen LogP contribution < -0.4 is 9.47 Å². The first-order valence-corrected chi connectivity index (χ1v) is 9.52. The summed E-state index contributed by atoms with van der Waals surface area (Å²) < 4.78 is 10.9. The summed E-state index contributed by atoms with van der Waals surface area (Å²) in [5.74, 6) is 1.77. The van der Waals surface area contributed by atoms with Crippen molar-refractivity contribution in [3.05, 3.63) is 28.8 Å². The summed E-state index contributed by atoms with van der Waals surface area (Å²) in [5.41, 5.74) is 0.811. The van der Waals surface area contributed by atoms with E-state index in [0.717, 1.165) is 38.3 Å². The van der Waals surface area contributed by atoms with Gasteiger partial charge in [0, 0.05) is 38.8 Å². The van der Waals surface area contributed by atoms with E-state index in [-0.39, 0.29) is 5.91 Å². The van der Waals surface area contributed by atoms with Crippen LogP contribution in [0.3, 0.4) is 0 Å². The van der Waals surface area contributed by atoms with Crippen molar-refractivity contribution in [1.29, 1.82) is 0 Å². The maximum absolute atomic E-state index is 12.5. The van der Waals surface area contributed by atoms with E-state index in [4.69, 9.17) is 21.1 Å². The summed E-state index contributed by atoms with van der Waals surface area (Å²) in [5, 5.41) is 0.466. The van der Waals surface area contributed by atoms with Crippen LogP contribution in [0.4, 0.5) is 0 Å². The lowest BCUT2D eigenvalue weighted by Crippen LogP contribution is -2.49. The minimum Gasteiger partial charge on any atom is -0.491 e. The maximum Gasteiger partial charge on any atom is 0.246 e. The van der Waals surface area contributed by atoms with Crippen LogP contribution in [0, 0.1) is 5.92 Å². The molecular formula is C20H29ClN2O3. The quantitative estimate of drug-likeness (QED) is 0.678. The van der Waals surface area contributed by atoms with Crippen molar-refractivity contribution >= 4 is 23.6 Å². The van der Waals surface area contributed by atoms with Gasteiger partial charge in [0.25, 0.3) is 0 Å². The summed E-state index contributed by atoms with van der Waals surface area (Å²) in [7, 11) is 1.56. The first-order chi connectivity index (χ1) is 12.4. The van der Waals surface area contributed by atoms with E-state index in [1.807, 2.05) is 17.9 Å². The molecule has 1 saturated heterocycles.